The molecule has 1 unspecified atom stereocenters. The van der Waals surface area contributed by atoms with Gasteiger partial charge in [0.15, 0.2) is 0 Å². The van der Waals surface area contributed by atoms with Crippen LogP contribution < -0.4 is 15.5 Å². The van der Waals surface area contributed by atoms with Gasteiger partial charge in [-0.15, -0.1) is 0 Å². The minimum absolute atomic E-state index is 0.0543. The van der Waals surface area contributed by atoms with Gasteiger partial charge >= 0.3 is 0 Å². The number of hydrogen-bond acceptors (Lipinski definition) is 3. The van der Waals surface area contributed by atoms with E-state index < -0.39 is 0 Å². The second-order valence-electron chi connectivity index (χ2n) is 7.21. The maximum Gasteiger partial charge on any atom is 0.251 e. The van der Waals surface area contributed by atoms with Crippen LogP contribution in [0.5, 0.6) is 0 Å². The molecule has 2 aromatic carbocycles. The van der Waals surface area contributed by atoms with Gasteiger partial charge in [-0.05, 0) is 60.7 Å². The predicted molar refractivity (Wildman–Crippen MR) is 103 cm³/mol. The van der Waals surface area contributed by atoms with Crippen LogP contribution in [0.2, 0.25) is 0 Å². The number of nitrogens with one attached hydrogen (secondary N) is 2. The van der Waals surface area contributed by atoms with E-state index in [9.17, 15) is 14.0 Å². The first-order valence-corrected chi connectivity index (χ1v) is 9.25. The number of fused-ring (bicyclic) bond motifs is 2. The highest BCUT2D eigenvalue weighted by Crippen LogP contribution is 2.32. The van der Waals surface area contributed by atoms with E-state index in [0.29, 0.717) is 24.2 Å². The summed E-state index contributed by atoms with van der Waals surface area (Å²) in [5.41, 5.74) is 3.99. The van der Waals surface area contributed by atoms with Crippen molar-refractivity contribution in [2.45, 2.75) is 31.7 Å². The van der Waals surface area contributed by atoms with Crippen molar-refractivity contribution in [1.29, 1.82) is 0 Å². The third kappa shape index (κ3) is 3.52. The lowest BCUT2D eigenvalue weighted by molar-refractivity contribution is -0.115. The molecule has 0 spiro atoms. The van der Waals surface area contributed by atoms with Crippen molar-refractivity contribution in [1.82, 2.24) is 5.32 Å². The molecule has 1 aliphatic heterocycles. The number of carbonyl (C=O) groups is 2. The van der Waals surface area contributed by atoms with Gasteiger partial charge in [0, 0.05) is 25.6 Å². The average Bonchev–Trinajstić information content (AvgIpc) is 2.79. The van der Waals surface area contributed by atoms with E-state index in [1.807, 2.05) is 18.0 Å². The van der Waals surface area contributed by atoms with Crippen molar-refractivity contribution in [2.24, 2.45) is 0 Å². The zero-order chi connectivity index (χ0) is 19.0. The zero-order valence-electron chi connectivity index (χ0n) is 15.2. The summed E-state index contributed by atoms with van der Waals surface area (Å²) in [6, 6.07) is 9.99. The summed E-state index contributed by atoms with van der Waals surface area (Å²) in [5.74, 6) is -0.492. The van der Waals surface area contributed by atoms with Gasteiger partial charge in [-0.2, -0.15) is 0 Å². The van der Waals surface area contributed by atoms with Crippen LogP contribution in [0, 0.1) is 5.82 Å². The van der Waals surface area contributed by atoms with Crippen molar-refractivity contribution >= 4 is 23.2 Å². The predicted octanol–water partition coefficient (Wildman–Crippen LogP) is 3.41. The molecule has 1 heterocycles. The number of halogens is 1. The second-order valence-corrected chi connectivity index (χ2v) is 7.21. The molecule has 2 N–H and O–H groups in total. The van der Waals surface area contributed by atoms with Gasteiger partial charge in [-0.25, -0.2) is 4.39 Å². The van der Waals surface area contributed by atoms with Crippen LogP contribution in [0.3, 0.4) is 0 Å². The van der Waals surface area contributed by atoms with E-state index >= 15 is 0 Å². The van der Waals surface area contributed by atoms with Gasteiger partial charge in [0.25, 0.3) is 5.91 Å². The molecule has 1 aliphatic carbocycles. The van der Waals surface area contributed by atoms with Gasteiger partial charge in [-0.1, -0.05) is 6.07 Å². The van der Waals surface area contributed by atoms with Gasteiger partial charge < -0.3 is 15.5 Å². The van der Waals surface area contributed by atoms with Crippen molar-refractivity contribution in [3.63, 3.8) is 0 Å². The molecule has 0 saturated heterocycles. The molecule has 2 aromatic rings. The highest BCUT2D eigenvalue weighted by atomic mass is 19.1. The van der Waals surface area contributed by atoms with E-state index in [0.717, 1.165) is 36.1 Å². The van der Waals surface area contributed by atoms with E-state index in [2.05, 4.69) is 10.6 Å². The number of benzene rings is 2. The molecule has 0 aromatic heterocycles. The Labute approximate surface area is 157 Å². The number of amides is 2. The lowest BCUT2D eigenvalue weighted by atomic mass is 9.87. The Hall–Kier alpha value is -2.89. The SMILES string of the molecule is CN1CCC(=O)Nc2cc(C(=O)NC3CCCc4cc(F)ccc43)ccc21. The van der Waals surface area contributed by atoms with E-state index in [1.54, 1.807) is 24.3 Å². The summed E-state index contributed by atoms with van der Waals surface area (Å²) in [7, 11) is 1.93. The topological polar surface area (TPSA) is 61.4 Å². The zero-order valence-corrected chi connectivity index (χ0v) is 15.2. The number of anilines is 2. The molecule has 0 saturated carbocycles. The first-order chi connectivity index (χ1) is 13.0. The number of aryl methyl sites for hydroxylation is 1. The highest BCUT2D eigenvalue weighted by molar-refractivity contribution is 6.01. The largest absolute Gasteiger partial charge is 0.372 e. The Bertz CT molecular complexity index is 912. The Morgan fingerprint density at radius 3 is 2.93 bits per heavy atom. The maximum atomic E-state index is 13.5. The van der Waals surface area contributed by atoms with Crippen LogP contribution in [0.1, 0.15) is 46.8 Å². The Morgan fingerprint density at radius 1 is 1.22 bits per heavy atom. The lowest BCUT2D eigenvalue weighted by Gasteiger charge is -2.26. The van der Waals surface area contributed by atoms with Crippen molar-refractivity contribution in [3.8, 4) is 0 Å². The van der Waals surface area contributed by atoms with Gasteiger partial charge in [0.1, 0.15) is 5.82 Å². The van der Waals surface area contributed by atoms with Crippen LogP contribution >= 0.6 is 0 Å². The van der Waals surface area contributed by atoms with Crippen molar-refractivity contribution in [3.05, 3.63) is 58.9 Å². The summed E-state index contributed by atoms with van der Waals surface area (Å²) < 4.78 is 13.5. The monoisotopic (exact) mass is 367 g/mol. The fourth-order valence-electron chi connectivity index (χ4n) is 3.89. The Kier molecular flexibility index (Phi) is 4.56. The molecule has 5 nitrogen and oxygen atoms in total. The quantitative estimate of drug-likeness (QED) is 0.855. The van der Waals surface area contributed by atoms with Gasteiger partial charge in [0.2, 0.25) is 5.91 Å². The summed E-state index contributed by atoms with van der Waals surface area (Å²) in [5, 5.41) is 5.94. The van der Waals surface area contributed by atoms with Crippen LogP contribution in [0.4, 0.5) is 15.8 Å². The molecule has 0 radical (unpaired) electrons. The highest BCUT2D eigenvalue weighted by Gasteiger charge is 2.24. The van der Waals surface area contributed by atoms with Crippen LogP contribution in [0.15, 0.2) is 36.4 Å². The molecule has 2 amide bonds. The number of nitrogens with zero attached hydrogens (tertiary/aromatic N) is 1. The molecular formula is C21H22FN3O2. The van der Waals surface area contributed by atoms with Gasteiger partial charge in [-0.3, -0.25) is 9.59 Å². The summed E-state index contributed by atoms with van der Waals surface area (Å²) >= 11 is 0. The number of carbonyl (C=O) groups excluding carboxylic acids is 2. The van der Waals surface area contributed by atoms with Crippen LogP contribution in [0.25, 0.3) is 0 Å². The third-order valence-electron chi connectivity index (χ3n) is 5.34. The van der Waals surface area contributed by atoms with Crippen molar-refractivity contribution < 1.29 is 14.0 Å². The summed E-state index contributed by atoms with van der Waals surface area (Å²) in [6.45, 7) is 0.639. The fraction of sp³-hybridized carbons (Fsp3) is 0.333. The minimum Gasteiger partial charge on any atom is -0.372 e. The molecule has 6 heteroatoms. The third-order valence-corrected chi connectivity index (χ3v) is 5.34. The molecular weight excluding hydrogens is 345 g/mol. The molecule has 0 bridgehead atoms. The molecule has 0 fully saturated rings. The smallest absolute Gasteiger partial charge is 0.251 e. The average molecular weight is 367 g/mol. The van der Waals surface area contributed by atoms with Crippen LogP contribution in [-0.4, -0.2) is 25.4 Å². The van der Waals surface area contributed by atoms with E-state index in [4.69, 9.17) is 0 Å². The van der Waals surface area contributed by atoms with Gasteiger partial charge in [0.05, 0.1) is 17.4 Å². The molecule has 140 valence electrons. The van der Waals surface area contributed by atoms with E-state index in [-0.39, 0.29) is 23.7 Å². The molecule has 27 heavy (non-hydrogen) atoms. The number of hydrogen-bond donors (Lipinski definition) is 2. The minimum atomic E-state index is -0.244. The first kappa shape index (κ1) is 17.5. The first-order valence-electron chi connectivity index (χ1n) is 9.25. The Balaban J connectivity index is 1.57. The van der Waals surface area contributed by atoms with Crippen LogP contribution in [-0.2, 0) is 11.2 Å². The molecule has 2 aliphatic rings. The van der Waals surface area contributed by atoms with E-state index in [1.165, 1.54) is 6.07 Å². The van der Waals surface area contributed by atoms with Crippen molar-refractivity contribution in [2.75, 3.05) is 23.8 Å². The maximum absolute atomic E-state index is 13.5. The normalized spacial score (nSPS) is 18.8. The second kappa shape index (κ2) is 7.02. The molecule has 1 atom stereocenters. The molecule has 4 rings (SSSR count). The lowest BCUT2D eigenvalue weighted by Crippen LogP contribution is -2.31. The Morgan fingerprint density at radius 2 is 2.07 bits per heavy atom. The summed E-state index contributed by atoms with van der Waals surface area (Å²) in [6.07, 6.45) is 2.99. The fourth-order valence-corrected chi connectivity index (χ4v) is 3.89. The number of rotatable bonds is 2. The summed E-state index contributed by atoms with van der Waals surface area (Å²) in [4.78, 5) is 26.7. The standard InChI is InChI=1S/C21H22FN3O2/c1-25-10-9-20(26)23-18-12-14(5-8-19(18)25)21(27)24-17-4-2-3-13-11-15(22)6-7-16(13)17/h5-8,11-12,17H,2-4,9-10H2,1H3,(H,23,26)(H,24,27).